The van der Waals surface area contributed by atoms with Crippen LogP contribution in [-0.4, -0.2) is 11.0 Å². The highest BCUT2D eigenvalue weighted by molar-refractivity contribution is 5.51. The molecule has 0 amide bonds. The Bertz CT molecular complexity index is 337. The summed E-state index contributed by atoms with van der Waals surface area (Å²) in [5.41, 5.74) is 7.17. The molecule has 1 aliphatic carbocycles. The van der Waals surface area contributed by atoms with E-state index in [2.05, 4.69) is 24.1 Å². The molecule has 0 radical (unpaired) electrons. The number of nitrogens with two attached hydrogens (primary N) is 1. The molecule has 0 aliphatic heterocycles. The molecule has 3 nitrogen and oxygen atoms in total. The zero-order chi connectivity index (χ0) is 10.2. The van der Waals surface area contributed by atoms with Gasteiger partial charge in [-0.2, -0.15) is 0 Å². The molecule has 0 bridgehead atoms. The van der Waals surface area contributed by atoms with Crippen LogP contribution in [0.2, 0.25) is 0 Å². The highest BCUT2D eigenvalue weighted by Crippen LogP contribution is 2.49. The average Bonchev–Trinajstić information content (AvgIpc) is 2.78. The van der Waals surface area contributed by atoms with E-state index >= 15 is 0 Å². The summed E-state index contributed by atoms with van der Waals surface area (Å²) < 4.78 is 0. The van der Waals surface area contributed by atoms with E-state index in [-0.39, 0.29) is 0 Å². The zero-order valence-electron chi connectivity index (χ0n) is 8.75. The van der Waals surface area contributed by atoms with Crippen molar-refractivity contribution in [1.82, 2.24) is 4.98 Å². The van der Waals surface area contributed by atoms with E-state index in [0.29, 0.717) is 17.3 Å². The summed E-state index contributed by atoms with van der Waals surface area (Å²) in [5.74, 6) is 0.578. The van der Waals surface area contributed by atoms with Crippen LogP contribution in [0.15, 0.2) is 18.3 Å². The van der Waals surface area contributed by atoms with Gasteiger partial charge < -0.3 is 11.1 Å². The molecule has 1 heterocycles. The SMILES string of the molecule is CCC1(C)CC1Nc1ccnc(N)c1. The lowest BCUT2D eigenvalue weighted by Gasteiger charge is -2.10. The lowest BCUT2D eigenvalue weighted by molar-refractivity contribution is 0.535. The molecule has 2 atom stereocenters. The summed E-state index contributed by atoms with van der Waals surface area (Å²) in [6.07, 6.45) is 4.22. The van der Waals surface area contributed by atoms with Gasteiger partial charge in [-0.3, -0.25) is 0 Å². The molecular formula is C11H17N3. The van der Waals surface area contributed by atoms with Crippen LogP contribution in [0, 0.1) is 5.41 Å². The van der Waals surface area contributed by atoms with Crippen LogP contribution in [-0.2, 0) is 0 Å². The Kier molecular flexibility index (Phi) is 2.10. The van der Waals surface area contributed by atoms with Crippen LogP contribution in [0.3, 0.4) is 0 Å². The minimum Gasteiger partial charge on any atom is -0.384 e. The number of aromatic nitrogens is 1. The van der Waals surface area contributed by atoms with Gasteiger partial charge in [0.25, 0.3) is 0 Å². The molecule has 0 saturated heterocycles. The van der Waals surface area contributed by atoms with E-state index in [1.54, 1.807) is 6.20 Å². The quantitative estimate of drug-likeness (QED) is 0.770. The first-order valence-electron chi connectivity index (χ1n) is 5.12. The van der Waals surface area contributed by atoms with Gasteiger partial charge in [-0.05, 0) is 24.3 Å². The third-order valence-electron chi connectivity index (χ3n) is 3.28. The molecule has 3 N–H and O–H groups in total. The highest BCUT2D eigenvalue weighted by atomic mass is 15.0. The molecule has 3 heteroatoms. The van der Waals surface area contributed by atoms with Gasteiger partial charge in [0.15, 0.2) is 0 Å². The second kappa shape index (κ2) is 3.15. The zero-order valence-corrected chi connectivity index (χ0v) is 8.75. The van der Waals surface area contributed by atoms with Crippen LogP contribution in [0.4, 0.5) is 11.5 Å². The number of hydrogen-bond acceptors (Lipinski definition) is 3. The van der Waals surface area contributed by atoms with Gasteiger partial charge in [-0.15, -0.1) is 0 Å². The van der Waals surface area contributed by atoms with E-state index in [0.717, 1.165) is 5.69 Å². The molecule has 1 aliphatic rings. The molecule has 2 rings (SSSR count). The van der Waals surface area contributed by atoms with Crippen molar-refractivity contribution in [2.24, 2.45) is 5.41 Å². The van der Waals surface area contributed by atoms with E-state index in [4.69, 9.17) is 5.73 Å². The molecule has 0 aromatic carbocycles. The van der Waals surface area contributed by atoms with Crippen molar-refractivity contribution in [3.8, 4) is 0 Å². The van der Waals surface area contributed by atoms with Crippen LogP contribution >= 0.6 is 0 Å². The summed E-state index contributed by atoms with van der Waals surface area (Å²) in [7, 11) is 0. The number of hydrogen-bond donors (Lipinski definition) is 2. The third kappa shape index (κ3) is 1.67. The molecule has 2 unspecified atom stereocenters. The van der Waals surface area contributed by atoms with Crippen LogP contribution in [0.1, 0.15) is 26.7 Å². The second-order valence-electron chi connectivity index (χ2n) is 4.38. The van der Waals surface area contributed by atoms with Crippen molar-refractivity contribution in [3.63, 3.8) is 0 Å². The maximum Gasteiger partial charge on any atom is 0.125 e. The van der Waals surface area contributed by atoms with Gasteiger partial charge in [-0.25, -0.2) is 4.98 Å². The predicted octanol–water partition coefficient (Wildman–Crippen LogP) is 2.26. The first kappa shape index (κ1) is 9.31. The normalized spacial score (nSPS) is 30.0. The van der Waals surface area contributed by atoms with Gasteiger partial charge >= 0.3 is 0 Å². The first-order chi connectivity index (χ1) is 6.64. The molecule has 1 aromatic rings. The Morgan fingerprint density at radius 1 is 1.71 bits per heavy atom. The molecular weight excluding hydrogens is 174 g/mol. The van der Waals surface area contributed by atoms with Crippen molar-refractivity contribution >= 4 is 11.5 Å². The van der Waals surface area contributed by atoms with Gasteiger partial charge in [0.05, 0.1) is 0 Å². The lowest BCUT2D eigenvalue weighted by Crippen LogP contribution is -2.10. The standard InChI is InChI=1S/C11H17N3/c1-3-11(2)7-9(11)14-8-4-5-13-10(12)6-8/h4-6,9H,3,7H2,1-2H3,(H3,12,13,14). The van der Waals surface area contributed by atoms with Crippen molar-refractivity contribution in [2.45, 2.75) is 32.7 Å². The average molecular weight is 191 g/mol. The Balaban J connectivity index is 2.00. The molecule has 0 spiro atoms. The number of anilines is 2. The van der Waals surface area contributed by atoms with Gasteiger partial charge in [0.2, 0.25) is 0 Å². The minimum absolute atomic E-state index is 0.484. The number of nitrogens with one attached hydrogen (secondary N) is 1. The Morgan fingerprint density at radius 3 is 3.07 bits per heavy atom. The smallest absolute Gasteiger partial charge is 0.125 e. The van der Waals surface area contributed by atoms with Crippen LogP contribution < -0.4 is 11.1 Å². The highest BCUT2D eigenvalue weighted by Gasteiger charge is 2.48. The van der Waals surface area contributed by atoms with E-state index in [1.165, 1.54) is 12.8 Å². The molecule has 1 aromatic heterocycles. The van der Waals surface area contributed by atoms with E-state index < -0.39 is 0 Å². The summed E-state index contributed by atoms with van der Waals surface area (Å²) in [4.78, 5) is 3.96. The minimum atomic E-state index is 0.484. The van der Waals surface area contributed by atoms with E-state index in [9.17, 15) is 0 Å². The first-order valence-corrected chi connectivity index (χ1v) is 5.12. The fourth-order valence-corrected chi connectivity index (χ4v) is 1.76. The Hall–Kier alpha value is -1.25. The van der Waals surface area contributed by atoms with E-state index in [1.807, 2.05) is 12.1 Å². The fraction of sp³-hybridized carbons (Fsp3) is 0.545. The van der Waals surface area contributed by atoms with Gasteiger partial charge in [-0.1, -0.05) is 13.8 Å². The van der Waals surface area contributed by atoms with Crippen LogP contribution in [0.25, 0.3) is 0 Å². The van der Waals surface area contributed by atoms with Crippen molar-refractivity contribution in [2.75, 3.05) is 11.1 Å². The monoisotopic (exact) mass is 191 g/mol. The predicted molar refractivity (Wildman–Crippen MR) is 59.1 cm³/mol. The van der Waals surface area contributed by atoms with Crippen molar-refractivity contribution < 1.29 is 0 Å². The Labute approximate surface area is 84.7 Å². The van der Waals surface area contributed by atoms with Gasteiger partial charge in [0.1, 0.15) is 5.82 Å². The summed E-state index contributed by atoms with van der Waals surface area (Å²) in [6, 6.07) is 4.45. The number of pyridine rings is 1. The molecule has 1 fully saturated rings. The third-order valence-corrected chi connectivity index (χ3v) is 3.28. The maximum absolute atomic E-state index is 5.60. The van der Waals surface area contributed by atoms with Crippen LogP contribution in [0.5, 0.6) is 0 Å². The summed E-state index contributed by atoms with van der Waals surface area (Å²) >= 11 is 0. The molecule has 14 heavy (non-hydrogen) atoms. The topological polar surface area (TPSA) is 50.9 Å². The molecule has 76 valence electrons. The van der Waals surface area contributed by atoms with Crippen molar-refractivity contribution in [1.29, 1.82) is 0 Å². The number of nitrogen functional groups attached to an aromatic ring is 1. The fourth-order valence-electron chi connectivity index (χ4n) is 1.76. The van der Waals surface area contributed by atoms with Crippen molar-refractivity contribution in [3.05, 3.63) is 18.3 Å². The lowest BCUT2D eigenvalue weighted by atomic mass is 10.1. The second-order valence-corrected chi connectivity index (χ2v) is 4.38. The maximum atomic E-state index is 5.60. The summed E-state index contributed by atoms with van der Waals surface area (Å²) in [5, 5.41) is 3.48. The largest absolute Gasteiger partial charge is 0.384 e. The number of nitrogens with zero attached hydrogens (tertiary/aromatic N) is 1. The Morgan fingerprint density at radius 2 is 2.50 bits per heavy atom. The van der Waals surface area contributed by atoms with Gasteiger partial charge in [0, 0.05) is 24.0 Å². The summed E-state index contributed by atoms with van der Waals surface area (Å²) in [6.45, 7) is 4.55. The number of rotatable bonds is 3. The molecule has 1 saturated carbocycles.